The molecule has 7 nitrogen and oxygen atoms in total. The lowest BCUT2D eigenvalue weighted by molar-refractivity contribution is -0.135. The minimum Gasteiger partial charge on any atom is -0.317 e. The summed E-state index contributed by atoms with van der Waals surface area (Å²) >= 11 is 0. The van der Waals surface area contributed by atoms with E-state index in [0.29, 0.717) is 17.8 Å². The Labute approximate surface area is 175 Å². The van der Waals surface area contributed by atoms with Gasteiger partial charge >= 0.3 is 5.69 Å². The third kappa shape index (κ3) is 3.11. The zero-order chi connectivity index (χ0) is 20.9. The highest BCUT2D eigenvalue weighted by Crippen LogP contribution is 2.48. The zero-order valence-corrected chi connectivity index (χ0v) is 17.6. The number of carbonyl (C=O) groups excluding carboxylic acids is 2. The van der Waals surface area contributed by atoms with Crippen LogP contribution in [0.5, 0.6) is 0 Å². The van der Waals surface area contributed by atoms with Crippen LogP contribution in [0.1, 0.15) is 68.9 Å². The highest BCUT2D eigenvalue weighted by molar-refractivity contribution is 6.00. The molecule has 3 aliphatic rings. The van der Waals surface area contributed by atoms with Gasteiger partial charge in [-0.05, 0) is 81.0 Å². The molecule has 1 aliphatic carbocycles. The second-order valence-electron chi connectivity index (χ2n) is 9.42. The zero-order valence-electron chi connectivity index (χ0n) is 17.6. The Morgan fingerprint density at radius 2 is 1.73 bits per heavy atom. The molecule has 0 radical (unpaired) electrons. The van der Waals surface area contributed by atoms with E-state index in [1.165, 1.54) is 31.2 Å². The third-order valence-electron chi connectivity index (χ3n) is 7.81. The number of hydrogen-bond acceptors (Lipinski definition) is 4. The molecule has 7 heteroatoms. The van der Waals surface area contributed by atoms with Crippen molar-refractivity contribution in [1.29, 1.82) is 0 Å². The predicted molar refractivity (Wildman–Crippen MR) is 114 cm³/mol. The monoisotopic (exact) mass is 410 g/mol. The maximum Gasteiger partial charge on any atom is 0.329 e. The van der Waals surface area contributed by atoms with E-state index in [9.17, 15) is 14.4 Å². The van der Waals surface area contributed by atoms with E-state index < -0.39 is 6.04 Å². The fraction of sp³-hybridized carbons (Fsp3) is 0.609. The summed E-state index contributed by atoms with van der Waals surface area (Å²) in [6.45, 7) is 2.26. The van der Waals surface area contributed by atoms with Crippen molar-refractivity contribution >= 4 is 22.8 Å². The molecule has 1 aromatic carbocycles. The lowest BCUT2D eigenvalue weighted by Crippen LogP contribution is -2.44. The van der Waals surface area contributed by atoms with Crippen molar-refractivity contribution in [2.45, 2.75) is 63.3 Å². The number of piperidine rings is 2. The fourth-order valence-electron chi connectivity index (χ4n) is 6.03. The number of para-hydroxylation sites is 1. The van der Waals surface area contributed by atoms with Crippen LogP contribution in [-0.4, -0.2) is 34.0 Å². The Bertz CT molecular complexity index is 1050. The normalized spacial score (nSPS) is 25.0. The first kappa shape index (κ1) is 19.5. The molecule has 1 unspecified atom stereocenters. The number of imide groups is 1. The van der Waals surface area contributed by atoms with Crippen molar-refractivity contribution in [3.8, 4) is 0 Å². The molecule has 1 aromatic heterocycles. The summed E-state index contributed by atoms with van der Waals surface area (Å²) in [5, 5.41) is 5.87. The van der Waals surface area contributed by atoms with Crippen LogP contribution in [0, 0.1) is 5.41 Å². The molecular formula is C23H30N4O3. The van der Waals surface area contributed by atoms with Crippen LogP contribution in [0.25, 0.3) is 11.0 Å². The number of amides is 2. The maximum absolute atomic E-state index is 13.1. The minimum atomic E-state index is -0.626. The molecule has 1 spiro atoms. The topological polar surface area (TPSA) is 85.1 Å². The number of hydrogen-bond donors (Lipinski definition) is 2. The van der Waals surface area contributed by atoms with Crippen molar-refractivity contribution in [3.05, 3.63) is 34.2 Å². The van der Waals surface area contributed by atoms with E-state index in [1.54, 1.807) is 16.2 Å². The number of aryl methyl sites for hydroxylation is 1. The molecule has 160 valence electrons. The number of imidazole rings is 1. The molecule has 2 aliphatic heterocycles. The molecule has 2 N–H and O–H groups in total. The molecule has 30 heavy (non-hydrogen) atoms. The minimum absolute atomic E-state index is 0.183. The van der Waals surface area contributed by atoms with Gasteiger partial charge in [0.1, 0.15) is 6.04 Å². The quantitative estimate of drug-likeness (QED) is 0.745. The van der Waals surface area contributed by atoms with E-state index in [2.05, 4.69) is 16.7 Å². The number of benzene rings is 1. The van der Waals surface area contributed by atoms with Gasteiger partial charge in [0, 0.05) is 13.5 Å². The van der Waals surface area contributed by atoms with Gasteiger partial charge in [-0.3, -0.25) is 24.0 Å². The van der Waals surface area contributed by atoms with Crippen molar-refractivity contribution in [2.24, 2.45) is 12.5 Å². The molecule has 1 saturated carbocycles. The van der Waals surface area contributed by atoms with Gasteiger partial charge in [0.05, 0.1) is 11.0 Å². The van der Waals surface area contributed by atoms with Gasteiger partial charge in [0.2, 0.25) is 11.8 Å². The molecular weight excluding hydrogens is 380 g/mol. The summed E-state index contributed by atoms with van der Waals surface area (Å²) in [5.74, 6) is -0.200. The van der Waals surface area contributed by atoms with Crippen molar-refractivity contribution in [3.63, 3.8) is 0 Å². The number of aromatic nitrogens is 2. The predicted octanol–water partition coefficient (Wildman–Crippen LogP) is 2.35. The molecule has 1 atom stereocenters. The number of nitrogens with zero attached hydrogens (tertiary/aromatic N) is 2. The van der Waals surface area contributed by atoms with Crippen LogP contribution in [-0.2, 0) is 16.6 Å². The summed E-state index contributed by atoms with van der Waals surface area (Å²) in [6, 6.07) is 5.47. The molecule has 2 saturated heterocycles. The second-order valence-corrected chi connectivity index (χ2v) is 9.42. The molecule has 5 rings (SSSR count). The number of carbonyl (C=O) groups is 2. The largest absolute Gasteiger partial charge is 0.329 e. The maximum atomic E-state index is 13.1. The van der Waals surface area contributed by atoms with Gasteiger partial charge in [-0.15, -0.1) is 0 Å². The first-order chi connectivity index (χ1) is 14.5. The first-order valence-corrected chi connectivity index (χ1v) is 11.2. The fourth-order valence-corrected chi connectivity index (χ4v) is 6.03. The molecule has 3 fully saturated rings. The van der Waals surface area contributed by atoms with Gasteiger partial charge < -0.3 is 5.32 Å². The van der Waals surface area contributed by atoms with E-state index in [1.807, 2.05) is 12.1 Å². The van der Waals surface area contributed by atoms with Crippen LogP contribution in [0.15, 0.2) is 23.0 Å². The van der Waals surface area contributed by atoms with Gasteiger partial charge in [-0.2, -0.15) is 0 Å². The van der Waals surface area contributed by atoms with E-state index >= 15 is 0 Å². The van der Waals surface area contributed by atoms with Crippen molar-refractivity contribution in [2.75, 3.05) is 13.1 Å². The Morgan fingerprint density at radius 3 is 2.43 bits per heavy atom. The lowest BCUT2D eigenvalue weighted by Gasteiger charge is -2.43. The average Bonchev–Trinajstić information content (AvgIpc) is 3.00. The van der Waals surface area contributed by atoms with E-state index in [0.717, 1.165) is 37.0 Å². The highest BCUT2D eigenvalue weighted by Gasteiger charge is 2.38. The average molecular weight is 411 g/mol. The Balaban J connectivity index is 1.50. The summed E-state index contributed by atoms with van der Waals surface area (Å²) in [5.41, 5.74) is 3.29. The Morgan fingerprint density at radius 1 is 1.00 bits per heavy atom. The van der Waals surface area contributed by atoms with Gasteiger partial charge in [0.25, 0.3) is 0 Å². The first-order valence-electron chi connectivity index (χ1n) is 11.2. The Kier molecular flexibility index (Phi) is 4.81. The number of nitrogens with one attached hydrogen (secondary N) is 2. The van der Waals surface area contributed by atoms with Gasteiger partial charge in [-0.1, -0.05) is 12.1 Å². The smallest absolute Gasteiger partial charge is 0.317 e. The summed E-state index contributed by atoms with van der Waals surface area (Å²) in [6.07, 6.45) is 7.97. The molecule has 3 heterocycles. The van der Waals surface area contributed by atoms with Crippen LogP contribution in [0.2, 0.25) is 0 Å². The third-order valence-corrected chi connectivity index (χ3v) is 7.81. The molecule has 2 aromatic rings. The van der Waals surface area contributed by atoms with Crippen molar-refractivity contribution in [1.82, 2.24) is 19.8 Å². The van der Waals surface area contributed by atoms with Crippen LogP contribution in [0.3, 0.4) is 0 Å². The Hall–Kier alpha value is -2.41. The number of rotatable bonds is 2. The van der Waals surface area contributed by atoms with Crippen molar-refractivity contribution < 1.29 is 9.59 Å². The number of fused-ring (bicyclic) bond motifs is 1. The van der Waals surface area contributed by atoms with E-state index in [-0.39, 0.29) is 23.9 Å². The molecule has 2 amide bonds. The van der Waals surface area contributed by atoms with E-state index in [4.69, 9.17) is 0 Å². The lowest BCUT2D eigenvalue weighted by atomic mass is 9.64. The van der Waals surface area contributed by atoms with Gasteiger partial charge in [0.15, 0.2) is 0 Å². The molecule has 0 bridgehead atoms. The van der Waals surface area contributed by atoms with Crippen LogP contribution in [0.4, 0.5) is 0 Å². The summed E-state index contributed by atoms with van der Waals surface area (Å²) < 4.78 is 3.29. The second kappa shape index (κ2) is 7.38. The van der Waals surface area contributed by atoms with Crippen LogP contribution >= 0.6 is 0 Å². The van der Waals surface area contributed by atoms with Crippen LogP contribution < -0.4 is 16.3 Å². The van der Waals surface area contributed by atoms with Gasteiger partial charge in [-0.25, -0.2) is 4.79 Å². The SMILES string of the molecule is Cn1c(=O)n(C2CCC(=O)NC2=O)c2cccc(C3CCC4(CCNCC4)CC3)c21. The highest BCUT2D eigenvalue weighted by atomic mass is 16.2. The summed E-state index contributed by atoms with van der Waals surface area (Å²) in [4.78, 5) is 37.2. The summed E-state index contributed by atoms with van der Waals surface area (Å²) in [7, 11) is 1.80. The standard InChI is InChI=1S/C23H30N4O3/c1-26-20-16(15-7-9-23(10-8-15)11-13-24-14-12-23)3-2-4-17(20)27(22(26)30)18-5-6-19(28)25-21(18)29/h2-4,15,18,24H,5-14H2,1H3,(H,25,28,29).